The van der Waals surface area contributed by atoms with Gasteiger partial charge in [0.25, 0.3) is 0 Å². The second-order valence-electron chi connectivity index (χ2n) is 1.37. The third kappa shape index (κ3) is 0.924. The van der Waals surface area contributed by atoms with Crippen molar-refractivity contribution >= 4 is 11.6 Å². The molecule has 1 rings (SSSR count). The molecule has 1 heterocycles. The van der Waals surface area contributed by atoms with Crippen molar-refractivity contribution in [3.8, 4) is 0 Å². The SMILES string of the molecule is Cc1nnncc1Cl. The van der Waals surface area contributed by atoms with E-state index in [2.05, 4.69) is 15.4 Å². The number of hydrogen-bond donors (Lipinski definition) is 0. The zero-order chi connectivity index (χ0) is 5.98. The highest BCUT2D eigenvalue weighted by atomic mass is 35.5. The van der Waals surface area contributed by atoms with Gasteiger partial charge in [-0.05, 0) is 12.1 Å². The molecule has 0 aliphatic rings. The zero-order valence-corrected chi connectivity index (χ0v) is 5.05. The van der Waals surface area contributed by atoms with E-state index in [-0.39, 0.29) is 0 Å². The van der Waals surface area contributed by atoms with Crippen molar-refractivity contribution in [2.24, 2.45) is 0 Å². The van der Waals surface area contributed by atoms with Crippen LogP contribution in [-0.2, 0) is 0 Å². The first-order chi connectivity index (χ1) is 3.80. The molecule has 1 aromatic rings. The van der Waals surface area contributed by atoms with Crippen LogP contribution in [0.15, 0.2) is 6.20 Å². The Kier molecular flexibility index (Phi) is 1.39. The van der Waals surface area contributed by atoms with Crippen molar-refractivity contribution < 1.29 is 0 Å². The Hall–Kier alpha value is -0.700. The maximum Gasteiger partial charge on any atom is 0.0839 e. The Bertz CT molecular complexity index is 167. The highest BCUT2D eigenvalue weighted by Gasteiger charge is 1.91. The molecule has 0 amide bonds. The van der Waals surface area contributed by atoms with E-state index in [0.29, 0.717) is 10.7 Å². The molecule has 0 radical (unpaired) electrons. The summed E-state index contributed by atoms with van der Waals surface area (Å²) in [7, 11) is 0. The molecule has 0 saturated heterocycles. The average Bonchev–Trinajstić information content (AvgIpc) is 1.77. The first kappa shape index (κ1) is 5.44. The summed E-state index contributed by atoms with van der Waals surface area (Å²) in [6.45, 7) is 1.77. The molecule has 0 spiro atoms. The van der Waals surface area contributed by atoms with Gasteiger partial charge < -0.3 is 0 Å². The van der Waals surface area contributed by atoms with Gasteiger partial charge in [0.05, 0.1) is 16.9 Å². The van der Waals surface area contributed by atoms with Crippen molar-refractivity contribution in [2.45, 2.75) is 6.92 Å². The molecule has 1 aromatic heterocycles. The Morgan fingerprint density at radius 2 is 2.38 bits per heavy atom. The number of hydrogen-bond acceptors (Lipinski definition) is 3. The number of halogens is 1. The lowest BCUT2D eigenvalue weighted by atomic mass is 10.5. The fourth-order valence-corrected chi connectivity index (χ4v) is 0.392. The summed E-state index contributed by atoms with van der Waals surface area (Å²) in [6.07, 6.45) is 1.46. The van der Waals surface area contributed by atoms with Gasteiger partial charge in [-0.25, -0.2) is 0 Å². The van der Waals surface area contributed by atoms with Crippen LogP contribution in [0.25, 0.3) is 0 Å². The number of aromatic nitrogens is 3. The van der Waals surface area contributed by atoms with Gasteiger partial charge in [-0.2, -0.15) is 0 Å². The lowest BCUT2D eigenvalue weighted by Gasteiger charge is -1.87. The molecule has 0 N–H and O–H groups in total. The normalized spacial score (nSPS) is 9.25. The molecular formula is C4H4ClN3. The van der Waals surface area contributed by atoms with Crippen LogP contribution < -0.4 is 0 Å². The molecule has 0 saturated carbocycles. The molecule has 0 fully saturated rings. The zero-order valence-electron chi connectivity index (χ0n) is 4.30. The van der Waals surface area contributed by atoms with Crippen LogP contribution in [0.5, 0.6) is 0 Å². The van der Waals surface area contributed by atoms with Gasteiger partial charge in [-0.15, -0.1) is 10.2 Å². The van der Waals surface area contributed by atoms with Crippen molar-refractivity contribution in [1.29, 1.82) is 0 Å². The molecule has 42 valence electrons. The lowest BCUT2D eigenvalue weighted by Crippen LogP contribution is -1.88. The summed E-state index contributed by atoms with van der Waals surface area (Å²) in [4.78, 5) is 0. The fraction of sp³-hybridized carbons (Fsp3) is 0.250. The van der Waals surface area contributed by atoms with Crippen LogP contribution in [0.4, 0.5) is 0 Å². The Morgan fingerprint density at radius 3 is 2.75 bits per heavy atom. The van der Waals surface area contributed by atoms with Crippen LogP contribution in [0.3, 0.4) is 0 Å². The molecule has 0 aromatic carbocycles. The van der Waals surface area contributed by atoms with Crippen LogP contribution in [0.2, 0.25) is 5.02 Å². The third-order valence-electron chi connectivity index (χ3n) is 0.763. The highest BCUT2D eigenvalue weighted by molar-refractivity contribution is 6.30. The van der Waals surface area contributed by atoms with Crippen LogP contribution in [0.1, 0.15) is 5.69 Å². The lowest BCUT2D eigenvalue weighted by molar-refractivity contribution is 0.839. The van der Waals surface area contributed by atoms with Crippen molar-refractivity contribution in [2.75, 3.05) is 0 Å². The van der Waals surface area contributed by atoms with E-state index in [1.54, 1.807) is 6.92 Å². The van der Waals surface area contributed by atoms with Crippen LogP contribution in [0, 0.1) is 6.92 Å². The minimum Gasteiger partial charge on any atom is -0.137 e. The van der Waals surface area contributed by atoms with Gasteiger partial charge in [-0.3, -0.25) is 0 Å². The van der Waals surface area contributed by atoms with Crippen molar-refractivity contribution in [3.63, 3.8) is 0 Å². The molecule has 0 unspecified atom stereocenters. The van der Waals surface area contributed by atoms with Gasteiger partial charge >= 0.3 is 0 Å². The average molecular weight is 130 g/mol. The van der Waals surface area contributed by atoms with Crippen molar-refractivity contribution in [1.82, 2.24) is 15.4 Å². The third-order valence-corrected chi connectivity index (χ3v) is 1.13. The maximum atomic E-state index is 5.54. The molecule has 8 heavy (non-hydrogen) atoms. The van der Waals surface area contributed by atoms with E-state index in [0.717, 1.165) is 0 Å². The van der Waals surface area contributed by atoms with Gasteiger partial charge in [0, 0.05) is 0 Å². The molecule has 0 bridgehead atoms. The smallest absolute Gasteiger partial charge is 0.0839 e. The quantitative estimate of drug-likeness (QED) is 0.521. The second-order valence-corrected chi connectivity index (χ2v) is 1.77. The Labute approximate surface area is 51.7 Å². The standard InChI is InChI=1S/C4H4ClN3/c1-3-4(5)2-6-8-7-3/h2H,1H3. The summed E-state index contributed by atoms with van der Waals surface area (Å²) < 4.78 is 0. The highest BCUT2D eigenvalue weighted by Crippen LogP contribution is 2.06. The van der Waals surface area contributed by atoms with Gasteiger partial charge in [-0.1, -0.05) is 11.6 Å². The number of nitrogens with zero attached hydrogens (tertiary/aromatic N) is 3. The first-order valence-corrected chi connectivity index (χ1v) is 2.49. The van der Waals surface area contributed by atoms with Crippen LogP contribution in [-0.4, -0.2) is 15.4 Å². The van der Waals surface area contributed by atoms with E-state index in [1.807, 2.05) is 0 Å². The minimum absolute atomic E-state index is 0.556. The molecule has 0 aliphatic heterocycles. The van der Waals surface area contributed by atoms with E-state index < -0.39 is 0 Å². The van der Waals surface area contributed by atoms with Crippen molar-refractivity contribution in [3.05, 3.63) is 16.9 Å². The summed E-state index contributed by atoms with van der Waals surface area (Å²) in [5, 5.41) is 11.0. The molecule has 0 atom stereocenters. The van der Waals surface area contributed by atoms with E-state index >= 15 is 0 Å². The number of aryl methyl sites for hydroxylation is 1. The predicted molar refractivity (Wildman–Crippen MR) is 29.6 cm³/mol. The second kappa shape index (κ2) is 2.05. The molecule has 0 aliphatic carbocycles. The summed E-state index contributed by atoms with van der Waals surface area (Å²) in [6, 6.07) is 0. The summed E-state index contributed by atoms with van der Waals surface area (Å²) >= 11 is 5.54. The minimum atomic E-state index is 0.556. The summed E-state index contributed by atoms with van der Waals surface area (Å²) in [5.41, 5.74) is 0.710. The summed E-state index contributed by atoms with van der Waals surface area (Å²) in [5.74, 6) is 0. The maximum absolute atomic E-state index is 5.54. The molecule has 3 nitrogen and oxygen atoms in total. The van der Waals surface area contributed by atoms with Gasteiger partial charge in [0.15, 0.2) is 0 Å². The van der Waals surface area contributed by atoms with Crippen LogP contribution >= 0.6 is 11.6 Å². The molecular weight excluding hydrogens is 126 g/mol. The number of rotatable bonds is 0. The fourth-order valence-electron chi connectivity index (χ4n) is 0.311. The van der Waals surface area contributed by atoms with E-state index in [4.69, 9.17) is 11.6 Å². The topological polar surface area (TPSA) is 38.7 Å². The van der Waals surface area contributed by atoms with E-state index in [1.165, 1.54) is 6.20 Å². The van der Waals surface area contributed by atoms with Gasteiger partial charge in [0.1, 0.15) is 0 Å². The van der Waals surface area contributed by atoms with Gasteiger partial charge in [0.2, 0.25) is 0 Å². The predicted octanol–water partition coefficient (Wildman–Crippen LogP) is 0.833. The monoisotopic (exact) mass is 129 g/mol. The first-order valence-electron chi connectivity index (χ1n) is 2.11. The Morgan fingerprint density at radius 1 is 1.62 bits per heavy atom. The molecule has 4 heteroatoms. The Balaban J connectivity index is 3.13. The van der Waals surface area contributed by atoms with E-state index in [9.17, 15) is 0 Å². The largest absolute Gasteiger partial charge is 0.137 e.